The second-order valence-corrected chi connectivity index (χ2v) is 6.46. The quantitative estimate of drug-likeness (QED) is 0.529. The molecular formula is C21H26N4O. The molecule has 1 heterocycles. The fraction of sp³-hybridized carbons (Fsp3) is 0.333. The molecule has 0 aliphatic heterocycles. The largest absolute Gasteiger partial charge is 0.342 e. The fourth-order valence-corrected chi connectivity index (χ4v) is 3.09. The first kappa shape index (κ1) is 18.0. The van der Waals surface area contributed by atoms with E-state index >= 15 is 0 Å². The molecule has 0 aliphatic rings. The van der Waals surface area contributed by atoms with E-state index in [2.05, 4.69) is 39.7 Å². The third-order valence-electron chi connectivity index (χ3n) is 4.40. The molecule has 0 saturated carbocycles. The van der Waals surface area contributed by atoms with Crippen LogP contribution in [0.1, 0.15) is 43.6 Å². The average molecular weight is 350 g/mol. The molecule has 3 aromatic rings. The standard InChI is InChI=1S/C21H26N4O/c1-2-9-17(16-10-4-3-5-11-16)25-21(26)22-15-8-14-20-23-18-12-6-7-13-19(18)24-20/h3-7,10-13,17H,2,8-9,14-15H2,1H3,(H,23,24)(H2,22,25,26)/t17-/m0/s1. The summed E-state index contributed by atoms with van der Waals surface area (Å²) in [6.45, 7) is 2.75. The summed E-state index contributed by atoms with van der Waals surface area (Å²) in [6.07, 6.45) is 3.60. The van der Waals surface area contributed by atoms with Crippen molar-refractivity contribution >= 4 is 17.1 Å². The summed E-state index contributed by atoms with van der Waals surface area (Å²) in [6, 6.07) is 18.1. The average Bonchev–Trinajstić information content (AvgIpc) is 3.08. The van der Waals surface area contributed by atoms with Crippen molar-refractivity contribution in [2.45, 2.75) is 38.6 Å². The Morgan fingerprint density at radius 3 is 2.65 bits per heavy atom. The maximum absolute atomic E-state index is 12.2. The minimum atomic E-state index is -0.114. The number of carbonyl (C=O) groups excluding carboxylic acids is 1. The molecule has 0 aliphatic carbocycles. The molecule has 0 spiro atoms. The zero-order valence-corrected chi connectivity index (χ0v) is 15.2. The number of urea groups is 1. The predicted octanol–water partition coefficient (Wildman–Crippen LogP) is 4.34. The summed E-state index contributed by atoms with van der Waals surface area (Å²) in [4.78, 5) is 20.1. The molecule has 26 heavy (non-hydrogen) atoms. The van der Waals surface area contributed by atoms with E-state index in [0.29, 0.717) is 6.54 Å². The summed E-state index contributed by atoms with van der Waals surface area (Å²) in [7, 11) is 0. The van der Waals surface area contributed by atoms with Crippen LogP contribution >= 0.6 is 0 Å². The van der Waals surface area contributed by atoms with E-state index < -0.39 is 0 Å². The van der Waals surface area contributed by atoms with Crippen molar-refractivity contribution < 1.29 is 4.79 Å². The molecule has 5 heteroatoms. The van der Waals surface area contributed by atoms with Crippen LogP contribution in [-0.4, -0.2) is 22.5 Å². The highest BCUT2D eigenvalue weighted by Crippen LogP contribution is 2.17. The van der Waals surface area contributed by atoms with Gasteiger partial charge < -0.3 is 15.6 Å². The molecule has 2 amide bonds. The van der Waals surface area contributed by atoms with Gasteiger partial charge in [0.2, 0.25) is 0 Å². The number of aromatic nitrogens is 2. The second kappa shape index (κ2) is 9.04. The number of imidazole rings is 1. The number of para-hydroxylation sites is 2. The van der Waals surface area contributed by atoms with Gasteiger partial charge in [-0.25, -0.2) is 9.78 Å². The Kier molecular flexibility index (Phi) is 6.25. The lowest BCUT2D eigenvalue weighted by molar-refractivity contribution is 0.236. The molecule has 0 saturated heterocycles. The lowest BCUT2D eigenvalue weighted by atomic mass is 10.0. The number of amides is 2. The molecule has 1 aromatic heterocycles. The maximum atomic E-state index is 12.2. The van der Waals surface area contributed by atoms with Gasteiger partial charge in [0, 0.05) is 13.0 Å². The zero-order valence-electron chi connectivity index (χ0n) is 15.2. The van der Waals surface area contributed by atoms with E-state index in [4.69, 9.17) is 0 Å². The number of benzene rings is 2. The monoisotopic (exact) mass is 350 g/mol. The first-order valence-electron chi connectivity index (χ1n) is 9.29. The topological polar surface area (TPSA) is 69.8 Å². The van der Waals surface area contributed by atoms with Gasteiger partial charge in [-0.3, -0.25) is 0 Å². The zero-order chi connectivity index (χ0) is 18.2. The molecule has 136 valence electrons. The number of carbonyl (C=O) groups is 1. The van der Waals surface area contributed by atoms with Gasteiger partial charge in [-0.1, -0.05) is 55.8 Å². The van der Waals surface area contributed by atoms with Crippen LogP contribution in [0.2, 0.25) is 0 Å². The van der Waals surface area contributed by atoms with Gasteiger partial charge >= 0.3 is 6.03 Å². The van der Waals surface area contributed by atoms with E-state index in [1.807, 2.05) is 42.5 Å². The van der Waals surface area contributed by atoms with E-state index in [1.165, 1.54) is 0 Å². The van der Waals surface area contributed by atoms with Gasteiger partial charge in [-0.15, -0.1) is 0 Å². The smallest absolute Gasteiger partial charge is 0.315 e. The van der Waals surface area contributed by atoms with E-state index in [-0.39, 0.29) is 12.1 Å². The van der Waals surface area contributed by atoms with Crippen LogP contribution in [0, 0.1) is 0 Å². The molecule has 2 aromatic carbocycles. The minimum absolute atomic E-state index is 0.0524. The summed E-state index contributed by atoms with van der Waals surface area (Å²) in [5.74, 6) is 0.960. The summed E-state index contributed by atoms with van der Waals surface area (Å²) < 4.78 is 0. The van der Waals surface area contributed by atoms with Crippen LogP contribution < -0.4 is 10.6 Å². The summed E-state index contributed by atoms with van der Waals surface area (Å²) >= 11 is 0. The Morgan fingerprint density at radius 2 is 1.88 bits per heavy atom. The van der Waals surface area contributed by atoms with Gasteiger partial charge in [-0.2, -0.15) is 0 Å². The SMILES string of the molecule is CCC[C@H](NC(=O)NCCCc1nc2ccccc2[nH]1)c1ccccc1. The fourth-order valence-electron chi connectivity index (χ4n) is 3.09. The van der Waals surface area contributed by atoms with Crippen molar-refractivity contribution in [3.8, 4) is 0 Å². The molecule has 3 rings (SSSR count). The lowest BCUT2D eigenvalue weighted by Crippen LogP contribution is -2.38. The number of nitrogens with zero attached hydrogens (tertiary/aromatic N) is 1. The number of rotatable bonds is 8. The lowest BCUT2D eigenvalue weighted by Gasteiger charge is -2.19. The molecule has 0 radical (unpaired) electrons. The number of aromatic amines is 1. The first-order valence-corrected chi connectivity index (χ1v) is 9.29. The second-order valence-electron chi connectivity index (χ2n) is 6.46. The van der Waals surface area contributed by atoms with Crippen molar-refractivity contribution in [2.24, 2.45) is 0 Å². The van der Waals surface area contributed by atoms with Gasteiger partial charge in [0.25, 0.3) is 0 Å². The van der Waals surface area contributed by atoms with E-state index in [9.17, 15) is 4.79 Å². The van der Waals surface area contributed by atoms with Gasteiger partial charge in [0.15, 0.2) is 0 Å². The molecule has 0 bridgehead atoms. The molecule has 3 N–H and O–H groups in total. The summed E-state index contributed by atoms with van der Waals surface area (Å²) in [5, 5.41) is 6.03. The third kappa shape index (κ3) is 4.85. The normalized spacial score (nSPS) is 12.0. The molecular weight excluding hydrogens is 324 g/mol. The van der Waals surface area contributed by atoms with Crippen molar-refractivity contribution in [1.29, 1.82) is 0 Å². The first-order chi connectivity index (χ1) is 12.8. The third-order valence-corrected chi connectivity index (χ3v) is 4.40. The molecule has 5 nitrogen and oxygen atoms in total. The van der Waals surface area contributed by atoms with Crippen molar-refractivity contribution in [2.75, 3.05) is 6.54 Å². The van der Waals surface area contributed by atoms with Crippen LogP contribution in [-0.2, 0) is 6.42 Å². The van der Waals surface area contributed by atoms with Gasteiger partial charge in [0.05, 0.1) is 17.1 Å². The Morgan fingerprint density at radius 1 is 1.12 bits per heavy atom. The van der Waals surface area contributed by atoms with Gasteiger partial charge in [0.1, 0.15) is 5.82 Å². The predicted molar refractivity (Wildman–Crippen MR) is 105 cm³/mol. The number of aryl methyl sites for hydroxylation is 1. The Labute approximate surface area is 154 Å². The van der Waals surface area contributed by atoms with Crippen LogP contribution in [0.4, 0.5) is 4.79 Å². The van der Waals surface area contributed by atoms with E-state index in [1.54, 1.807) is 0 Å². The number of hydrogen-bond acceptors (Lipinski definition) is 2. The highest BCUT2D eigenvalue weighted by atomic mass is 16.2. The Bertz CT molecular complexity index is 795. The minimum Gasteiger partial charge on any atom is -0.342 e. The highest BCUT2D eigenvalue weighted by molar-refractivity contribution is 5.75. The maximum Gasteiger partial charge on any atom is 0.315 e. The molecule has 1 atom stereocenters. The summed E-state index contributed by atoms with van der Waals surface area (Å²) in [5.41, 5.74) is 3.18. The van der Waals surface area contributed by atoms with Gasteiger partial charge in [-0.05, 0) is 30.5 Å². The Balaban J connectivity index is 1.44. The number of hydrogen-bond donors (Lipinski definition) is 3. The van der Waals surface area contributed by atoms with Crippen LogP contribution in [0.3, 0.4) is 0 Å². The van der Waals surface area contributed by atoms with Crippen LogP contribution in [0.15, 0.2) is 54.6 Å². The number of fused-ring (bicyclic) bond motifs is 1. The molecule has 0 fully saturated rings. The van der Waals surface area contributed by atoms with E-state index in [0.717, 1.165) is 48.1 Å². The number of nitrogens with one attached hydrogen (secondary N) is 3. The highest BCUT2D eigenvalue weighted by Gasteiger charge is 2.13. The van der Waals surface area contributed by atoms with Crippen molar-refractivity contribution in [1.82, 2.24) is 20.6 Å². The number of H-pyrrole nitrogens is 1. The molecule has 0 unspecified atom stereocenters. The van der Waals surface area contributed by atoms with Crippen LogP contribution in [0.25, 0.3) is 11.0 Å². The van der Waals surface area contributed by atoms with Crippen LogP contribution in [0.5, 0.6) is 0 Å². The van der Waals surface area contributed by atoms with Crippen molar-refractivity contribution in [3.05, 3.63) is 66.0 Å². The Hall–Kier alpha value is -2.82. The van der Waals surface area contributed by atoms with Crippen molar-refractivity contribution in [3.63, 3.8) is 0 Å².